The maximum absolute atomic E-state index is 14.0. The highest BCUT2D eigenvalue weighted by atomic mass is 16.5. The second-order valence-corrected chi connectivity index (χ2v) is 11.2. The van der Waals surface area contributed by atoms with Gasteiger partial charge in [0.2, 0.25) is 5.91 Å². The molecule has 2 saturated carbocycles. The summed E-state index contributed by atoms with van der Waals surface area (Å²) in [5.74, 6) is -10.1. The molecule has 2 unspecified atom stereocenters. The summed E-state index contributed by atoms with van der Waals surface area (Å²) in [6.45, 7) is 2.53. The number of carbonyl (C=O) groups is 5. The van der Waals surface area contributed by atoms with Gasteiger partial charge in [0, 0.05) is 18.0 Å². The number of aromatic hydroxyl groups is 1. The summed E-state index contributed by atoms with van der Waals surface area (Å²) in [6, 6.07) is 7.36. The Hall–Kier alpha value is -3.93. The molecule has 5 rings (SSSR count). The molecule has 6 atom stereocenters. The van der Waals surface area contributed by atoms with Crippen LogP contribution >= 0.6 is 0 Å². The normalized spacial score (nSPS) is 29.2. The van der Waals surface area contributed by atoms with Gasteiger partial charge in [-0.05, 0) is 74.7 Å². The predicted molar refractivity (Wildman–Crippen MR) is 146 cm³/mol. The predicted octanol–water partition coefficient (Wildman–Crippen LogP) is 0.391. The minimum atomic E-state index is -2.75. The zero-order valence-corrected chi connectivity index (χ0v) is 23.0. The number of nitrogens with two attached hydrogens (primary N) is 2. The van der Waals surface area contributed by atoms with Gasteiger partial charge in [0.1, 0.15) is 11.5 Å². The summed E-state index contributed by atoms with van der Waals surface area (Å²) in [5.41, 5.74) is 11.2. The van der Waals surface area contributed by atoms with Gasteiger partial charge in [0.05, 0.1) is 24.1 Å². The standard InChI is InChI=1S/C30H33N3O8/c1-4-41-20-8-5-13(9-15(20)12-31)16-6-7-19(34)22-17(16)10-14-11-18-24(33(2)3)26(36)23(29(32)39)28(38)30(18,40)27(37)21(14)25(22)35/h5-9,14,18,21,23-24,34,40H,4,10-12,31H2,1-3H3,(H2,32,39)/t14-,18-,21?,23?,24-,30-/m1/s1. The highest BCUT2D eigenvalue weighted by Gasteiger charge is 2.69. The van der Waals surface area contributed by atoms with Crippen molar-refractivity contribution in [1.29, 1.82) is 0 Å². The molecule has 0 aliphatic heterocycles. The number of rotatable bonds is 6. The number of ether oxygens (including phenoxy) is 1. The summed E-state index contributed by atoms with van der Waals surface area (Å²) < 4.78 is 5.66. The molecule has 41 heavy (non-hydrogen) atoms. The second-order valence-electron chi connectivity index (χ2n) is 11.2. The molecule has 0 aromatic heterocycles. The molecule has 216 valence electrons. The highest BCUT2D eigenvalue weighted by molar-refractivity contribution is 6.32. The number of likely N-dealkylation sites (N-methyl/N-ethyl adjacent to an activating group) is 1. The molecule has 0 bridgehead atoms. The molecular formula is C30H33N3O8. The van der Waals surface area contributed by atoms with E-state index in [2.05, 4.69) is 0 Å². The van der Waals surface area contributed by atoms with Gasteiger partial charge in [0.15, 0.2) is 34.7 Å². The average Bonchev–Trinajstić information content (AvgIpc) is 2.91. The molecule has 1 amide bonds. The SMILES string of the molecule is CCOc1ccc(-c2ccc(O)c3c2C[C@@H]2C[C@@H]4[C@@H](N(C)C)C(=O)C(C(N)=O)C(=O)[C@]4(O)C(=O)C2C3=O)cc1CN. The van der Waals surface area contributed by atoms with Crippen molar-refractivity contribution < 1.29 is 38.9 Å². The Morgan fingerprint density at radius 1 is 1.12 bits per heavy atom. The number of primary amides is 1. The van der Waals surface area contributed by atoms with E-state index in [0.29, 0.717) is 23.5 Å². The van der Waals surface area contributed by atoms with Crippen LogP contribution in [0.2, 0.25) is 0 Å². The molecule has 11 heteroatoms. The number of hydrogen-bond acceptors (Lipinski definition) is 10. The van der Waals surface area contributed by atoms with Gasteiger partial charge in [0.25, 0.3) is 0 Å². The molecule has 0 heterocycles. The van der Waals surface area contributed by atoms with E-state index < -0.39 is 64.4 Å². The van der Waals surface area contributed by atoms with Crippen LogP contribution in [-0.2, 0) is 32.1 Å². The first-order valence-corrected chi connectivity index (χ1v) is 13.5. The van der Waals surface area contributed by atoms with Gasteiger partial charge in [-0.2, -0.15) is 0 Å². The number of Topliss-reactive ketones (excluding diaryl/α,β-unsaturated/α-hetero) is 4. The number of aliphatic hydroxyl groups is 1. The number of phenolic OH excluding ortho intramolecular Hbond substituents is 1. The van der Waals surface area contributed by atoms with Gasteiger partial charge in [-0.1, -0.05) is 12.1 Å². The van der Waals surface area contributed by atoms with Crippen LogP contribution in [0.25, 0.3) is 11.1 Å². The quantitative estimate of drug-likeness (QED) is 0.358. The lowest BCUT2D eigenvalue weighted by Crippen LogP contribution is -2.74. The van der Waals surface area contributed by atoms with E-state index in [1.165, 1.54) is 11.0 Å². The van der Waals surface area contributed by atoms with Gasteiger partial charge < -0.3 is 26.4 Å². The Morgan fingerprint density at radius 2 is 1.83 bits per heavy atom. The molecule has 3 aliphatic rings. The van der Waals surface area contributed by atoms with Crippen LogP contribution in [0, 0.1) is 23.7 Å². The number of fused-ring (bicyclic) bond motifs is 3. The average molecular weight is 564 g/mol. The fourth-order valence-corrected chi connectivity index (χ4v) is 7.08. The molecule has 11 nitrogen and oxygen atoms in total. The van der Waals surface area contributed by atoms with E-state index in [-0.39, 0.29) is 30.7 Å². The minimum absolute atomic E-state index is 0.0175. The fraction of sp³-hybridized carbons (Fsp3) is 0.433. The maximum atomic E-state index is 14.0. The first-order chi connectivity index (χ1) is 19.4. The fourth-order valence-electron chi connectivity index (χ4n) is 7.08. The molecule has 0 saturated heterocycles. The first kappa shape index (κ1) is 28.6. The first-order valence-electron chi connectivity index (χ1n) is 13.5. The van der Waals surface area contributed by atoms with Crippen LogP contribution in [0.3, 0.4) is 0 Å². The van der Waals surface area contributed by atoms with Crippen LogP contribution in [0.15, 0.2) is 30.3 Å². The third-order valence-corrected chi connectivity index (χ3v) is 8.84. The van der Waals surface area contributed by atoms with Crippen LogP contribution in [0.4, 0.5) is 0 Å². The smallest absolute Gasteiger partial charge is 0.235 e. The van der Waals surface area contributed by atoms with Crippen LogP contribution in [-0.4, -0.2) is 76.5 Å². The number of nitrogens with zero attached hydrogens (tertiary/aromatic N) is 1. The van der Waals surface area contributed by atoms with Crippen LogP contribution < -0.4 is 16.2 Å². The van der Waals surface area contributed by atoms with E-state index in [1.54, 1.807) is 26.2 Å². The van der Waals surface area contributed by atoms with Crippen LogP contribution in [0.1, 0.15) is 34.8 Å². The van der Waals surface area contributed by atoms with E-state index in [9.17, 15) is 34.2 Å². The molecule has 2 aromatic carbocycles. The minimum Gasteiger partial charge on any atom is -0.507 e. The van der Waals surface area contributed by atoms with Gasteiger partial charge in [-0.15, -0.1) is 0 Å². The zero-order valence-electron chi connectivity index (χ0n) is 23.0. The summed E-state index contributed by atoms with van der Waals surface area (Å²) in [6.07, 6.45) is 0.150. The molecule has 2 fully saturated rings. The Kier molecular flexibility index (Phi) is 7.09. The van der Waals surface area contributed by atoms with E-state index in [0.717, 1.165) is 11.1 Å². The van der Waals surface area contributed by atoms with Crippen molar-refractivity contribution in [3.8, 4) is 22.6 Å². The molecular weight excluding hydrogens is 530 g/mol. The van der Waals surface area contributed by atoms with Gasteiger partial charge in [-0.25, -0.2) is 0 Å². The third-order valence-electron chi connectivity index (χ3n) is 8.84. The molecule has 3 aliphatic carbocycles. The summed E-state index contributed by atoms with van der Waals surface area (Å²) in [5, 5.41) is 22.5. The second kappa shape index (κ2) is 10.2. The van der Waals surface area contributed by atoms with E-state index in [1.807, 2.05) is 19.1 Å². The van der Waals surface area contributed by atoms with Crippen molar-refractivity contribution in [2.75, 3.05) is 20.7 Å². The molecule has 0 spiro atoms. The number of carbonyl (C=O) groups excluding carboxylic acids is 5. The van der Waals surface area contributed by atoms with E-state index in [4.69, 9.17) is 16.2 Å². The van der Waals surface area contributed by atoms with Crippen molar-refractivity contribution in [3.05, 3.63) is 47.0 Å². The van der Waals surface area contributed by atoms with Gasteiger partial charge >= 0.3 is 0 Å². The number of amides is 1. The van der Waals surface area contributed by atoms with Crippen molar-refractivity contribution in [2.45, 2.75) is 38.0 Å². The number of phenols is 1. The van der Waals surface area contributed by atoms with Gasteiger partial charge in [-0.3, -0.25) is 28.9 Å². The Labute approximate surface area is 236 Å². The highest BCUT2D eigenvalue weighted by Crippen LogP contribution is 2.51. The summed E-state index contributed by atoms with van der Waals surface area (Å²) in [7, 11) is 3.09. The monoisotopic (exact) mass is 563 g/mol. The van der Waals surface area contributed by atoms with Crippen LogP contribution in [0.5, 0.6) is 11.5 Å². The Balaban J connectivity index is 1.64. The molecule has 2 aromatic rings. The molecule has 0 radical (unpaired) electrons. The Bertz CT molecular complexity index is 1500. The maximum Gasteiger partial charge on any atom is 0.235 e. The summed E-state index contributed by atoms with van der Waals surface area (Å²) in [4.78, 5) is 68.1. The van der Waals surface area contributed by atoms with Crippen molar-refractivity contribution >= 4 is 29.0 Å². The number of hydrogen-bond donors (Lipinski definition) is 4. The third kappa shape index (κ3) is 4.10. The topological polar surface area (TPSA) is 190 Å². The van der Waals surface area contributed by atoms with Crippen molar-refractivity contribution in [1.82, 2.24) is 4.90 Å². The van der Waals surface area contributed by atoms with Crippen molar-refractivity contribution in [2.24, 2.45) is 35.1 Å². The zero-order chi connectivity index (χ0) is 30.0. The number of benzene rings is 2. The lowest BCUT2D eigenvalue weighted by Gasteiger charge is -2.52. The number of ketones is 4. The summed E-state index contributed by atoms with van der Waals surface area (Å²) >= 11 is 0. The van der Waals surface area contributed by atoms with Crippen molar-refractivity contribution in [3.63, 3.8) is 0 Å². The lowest BCUT2D eigenvalue weighted by atomic mass is 9.52. The lowest BCUT2D eigenvalue weighted by molar-refractivity contribution is -0.181. The largest absolute Gasteiger partial charge is 0.507 e. The molecule has 6 N–H and O–H groups in total. The van der Waals surface area contributed by atoms with E-state index >= 15 is 0 Å². The Morgan fingerprint density at radius 3 is 2.44 bits per heavy atom.